The maximum absolute atomic E-state index is 2.59. The van der Waals surface area contributed by atoms with Crippen LogP contribution in [-0.4, -0.2) is 0 Å². The Labute approximate surface area is 462 Å². The second-order valence-corrected chi connectivity index (χ2v) is 27.5. The van der Waals surface area contributed by atoms with Gasteiger partial charge in [-0.1, -0.05) is 274 Å². The van der Waals surface area contributed by atoms with Crippen LogP contribution in [-0.2, 0) is 37.9 Å². The van der Waals surface area contributed by atoms with Crippen LogP contribution in [0, 0.1) is 0 Å². The van der Waals surface area contributed by atoms with Crippen molar-refractivity contribution in [2.75, 3.05) is 4.90 Å². The molecule has 0 aliphatic heterocycles. The maximum Gasteiger partial charge on any atom is 0.0714 e. The molecular weight excluding hydrogens is 927 g/mol. The molecule has 0 amide bonds. The van der Waals surface area contributed by atoms with Crippen LogP contribution in [0.3, 0.4) is 0 Å². The molecule has 0 saturated carbocycles. The maximum atomic E-state index is 2.59. The smallest absolute Gasteiger partial charge is 0.0714 e. The molecule has 77 heavy (non-hydrogen) atoms. The predicted octanol–water partition coefficient (Wildman–Crippen LogP) is 20.4. The molecule has 0 aromatic heterocycles. The van der Waals surface area contributed by atoms with E-state index in [9.17, 15) is 0 Å². The van der Waals surface area contributed by atoms with E-state index in [4.69, 9.17) is 0 Å². The first kappa shape index (κ1) is 51.9. The normalized spacial score (nSPS) is 15.9. The van der Waals surface area contributed by atoms with E-state index >= 15 is 0 Å². The average Bonchev–Trinajstić information content (AvgIpc) is 4.13. The molecule has 0 saturated heterocycles. The third-order valence-corrected chi connectivity index (χ3v) is 17.2. The van der Waals surface area contributed by atoms with E-state index in [1.165, 1.54) is 94.6 Å². The zero-order valence-electron chi connectivity index (χ0n) is 48.6. The van der Waals surface area contributed by atoms with Crippen molar-refractivity contribution >= 4 is 17.1 Å². The molecule has 1 atom stereocenters. The van der Waals surface area contributed by atoms with Gasteiger partial charge >= 0.3 is 0 Å². The lowest BCUT2D eigenvalue weighted by Crippen LogP contribution is -2.29. The Bertz CT molecular complexity index is 3580. The first-order chi connectivity index (χ1) is 36.3. The lowest BCUT2D eigenvalue weighted by Gasteiger charge is -2.37. The molecule has 9 aromatic carbocycles. The molecule has 388 valence electrons. The summed E-state index contributed by atoms with van der Waals surface area (Å²) in [6.45, 7) is 34.9. The van der Waals surface area contributed by atoms with Crippen LogP contribution in [0.2, 0.25) is 0 Å². The van der Waals surface area contributed by atoms with Crippen LogP contribution < -0.4 is 4.90 Å². The summed E-state index contributed by atoms with van der Waals surface area (Å²) in [7, 11) is 0. The van der Waals surface area contributed by atoms with Gasteiger partial charge in [-0.3, -0.25) is 0 Å². The van der Waals surface area contributed by atoms with E-state index in [1.54, 1.807) is 0 Å². The van der Waals surface area contributed by atoms with Crippen LogP contribution in [0.1, 0.15) is 176 Å². The second kappa shape index (κ2) is 18.2. The fraction of sp³-hybridized carbons (Fsp3) is 0.289. The van der Waals surface area contributed by atoms with Gasteiger partial charge in [0.25, 0.3) is 0 Å². The van der Waals surface area contributed by atoms with Gasteiger partial charge in [-0.15, -0.1) is 0 Å². The van der Waals surface area contributed by atoms with Gasteiger partial charge in [-0.25, -0.2) is 0 Å². The van der Waals surface area contributed by atoms with Crippen molar-refractivity contribution in [1.82, 2.24) is 0 Å². The zero-order valence-corrected chi connectivity index (χ0v) is 48.6. The molecule has 0 heterocycles. The van der Waals surface area contributed by atoms with E-state index in [0.717, 1.165) is 17.1 Å². The number of anilines is 3. The Kier molecular flexibility index (Phi) is 12.3. The Balaban J connectivity index is 1.23. The van der Waals surface area contributed by atoms with Crippen molar-refractivity contribution in [3.05, 3.63) is 279 Å². The van der Waals surface area contributed by atoms with E-state index < -0.39 is 10.8 Å². The van der Waals surface area contributed by atoms with Gasteiger partial charge in [-0.05, 0) is 158 Å². The highest BCUT2D eigenvalue weighted by Crippen LogP contribution is 2.60. The van der Waals surface area contributed by atoms with Crippen LogP contribution in [0.15, 0.2) is 206 Å². The second-order valence-electron chi connectivity index (χ2n) is 27.5. The number of fused-ring (bicyclic) bond motifs is 6. The van der Waals surface area contributed by atoms with Gasteiger partial charge in [0.05, 0.1) is 10.8 Å². The van der Waals surface area contributed by atoms with Crippen molar-refractivity contribution in [2.24, 2.45) is 0 Å². The summed E-state index contributed by atoms with van der Waals surface area (Å²) in [6, 6.07) is 80.5. The monoisotopic (exact) mass is 1010 g/mol. The first-order valence-electron chi connectivity index (χ1n) is 28.2. The van der Waals surface area contributed by atoms with Crippen LogP contribution in [0.25, 0.3) is 22.3 Å². The SMILES string of the molecule is CC(C)(C)c1ccc(C2(c3ccccc3)c3ccccc3-c3ccc(N(c4cc(C(C)(C)C)cc(C(C)(C)C)c4)c4ccc5c(c4)C(c4ccc(C(C)(C)C)cc4)(c4ccc(C(C)(C)C)cc4)c4ccccc4-5)cc32)cc1. The summed E-state index contributed by atoms with van der Waals surface area (Å²) in [4.78, 5) is 2.59. The van der Waals surface area contributed by atoms with Crippen molar-refractivity contribution in [3.8, 4) is 22.3 Å². The van der Waals surface area contributed by atoms with Gasteiger partial charge in [0, 0.05) is 17.1 Å². The van der Waals surface area contributed by atoms with E-state index in [2.05, 4.69) is 315 Å². The van der Waals surface area contributed by atoms with Gasteiger partial charge in [0.15, 0.2) is 0 Å². The van der Waals surface area contributed by atoms with E-state index in [-0.39, 0.29) is 27.1 Å². The summed E-state index contributed by atoms with van der Waals surface area (Å²) in [5, 5.41) is 0. The quantitative estimate of drug-likeness (QED) is 0.154. The number of nitrogens with zero attached hydrogens (tertiary/aromatic N) is 1. The van der Waals surface area contributed by atoms with Gasteiger partial charge < -0.3 is 4.90 Å². The third-order valence-electron chi connectivity index (χ3n) is 17.2. The van der Waals surface area contributed by atoms with Crippen molar-refractivity contribution in [3.63, 3.8) is 0 Å². The summed E-state index contributed by atoms with van der Waals surface area (Å²) in [5.41, 5.74) is 24.1. The highest BCUT2D eigenvalue weighted by molar-refractivity contribution is 5.92. The van der Waals surface area contributed by atoms with Crippen LogP contribution >= 0.6 is 0 Å². The topological polar surface area (TPSA) is 3.24 Å². The average molecular weight is 1010 g/mol. The van der Waals surface area contributed by atoms with Crippen molar-refractivity contribution in [2.45, 2.75) is 142 Å². The molecule has 0 N–H and O–H groups in total. The first-order valence-corrected chi connectivity index (χ1v) is 28.2. The molecule has 9 aromatic rings. The Morgan fingerprint density at radius 1 is 0.234 bits per heavy atom. The van der Waals surface area contributed by atoms with Crippen molar-refractivity contribution < 1.29 is 0 Å². The predicted molar refractivity (Wildman–Crippen MR) is 329 cm³/mol. The number of rotatable bonds is 7. The van der Waals surface area contributed by atoms with E-state index in [0.29, 0.717) is 0 Å². The molecule has 2 aliphatic rings. The number of hydrogen-bond acceptors (Lipinski definition) is 1. The molecule has 1 unspecified atom stereocenters. The summed E-state index contributed by atoms with van der Waals surface area (Å²) >= 11 is 0. The van der Waals surface area contributed by atoms with Crippen LogP contribution in [0.4, 0.5) is 17.1 Å². The standard InChI is InChI=1S/C76H79N/c1-70(2,3)50-29-35-54(36-30-50)75(53-23-17-16-18-24-53)66-27-21-19-25-62(66)64-43-41-59(48-68(64)75)77(61-46-57(73(10,11)12)45-58(47-61)74(13,14)15)60-42-44-65-63-26-20-22-28-67(63)76(69(65)49-60,55-37-31-51(32-38-55)71(4,5)6)56-39-33-52(34-40-56)72(7,8)9/h16-49H,1-15H3. The molecule has 0 fully saturated rings. The fourth-order valence-corrected chi connectivity index (χ4v) is 12.8. The third kappa shape index (κ3) is 8.61. The number of hydrogen-bond donors (Lipinski definition) is 0. The Morgan fingerprint density at radius 2 is 0.532 bits per heavy atom. The minimum Gasteiger partial charge on any atom is -0.310 e. The molecule has 0 radical (unpaired) electrons. The Hall–Kier alpha value is -7.22. The summed E-state index contributed by atoms with van der Waals surface area (Å²) in [6.07, 6.45) is 0. The highest BCUT2D eigenvalue weighted by atomic mass is 15.1. The molecule has 11 rings (SSSR count). The number of benzene rings is 9. The van der Waals surface area contributed by atoms with Gasteiger partial charge in [0.2, 0.25) is 0 Å². The van der Waals surface area contributed by atoms with Gasteiger partial charge in [-0.2, -0.15) is 0 Å². The highest BCUT2D eigenvalue weighted by Gasteiger charge is 2.49. The molecule has 1 nitrogen and oxygen atoms in total. The molecule has 2 aliphatic carbocycles. The minimum atomic E-state index is -0.606. The molecule has 1 heteroatoms. The minimum absolute atomic E-state index is 0.0118. The van der Waals surface area contributed by atoms with Crippen molar-refractivity contribution in [1.29, 1.82) is 0 Å². The van der Waals surface area contributed by atoms with Crippen LogP contribution in [0.5, 0.6) is 0 Å². The molecule has 0 spiro atoms. The lowest BCUT2D eigenvalue weighted by atomic mass is 9.66. The molecule has 0 bridgehead atoms. The molecular formula is C76H79N. The lowest BCUT2D eigenvalue weighted by molar-refractivity contribution is 0.568. The fourth-order valence-electron chi connectivity index (χ4n) is 12.8. The zero-order chi connectivity index (χ0) is 54.7. The van der Waals surface area contributed by atoms with Gasteiger partial charge in [0.1, 0.15) is 0 Å². The van der Waals surface area contributed by atoms with E-state index in [1.807, 2.05) is 0 Å². The summed E-state index contributed by atoms with van der Waals surface area (Å²) in [5.74, 6) is 0. The largest absolute Gasteiger partial charge is 0.310 e. The summed E-state index contributed by atoms with van der Waals surface area (Å²) < 4.78 is 0. The Morgan fingerprint density at radius 3 is 0.870 bits per heavy atom.